The van der Waals surface area contributed by atoms with Crippen LogP contribution in [0.3, 0.4) is 0 Å². The van der Waals surface area contributed by atoms with Gasteiger partial charge >= 0.3 is 0 Å². The number of rotatable bonds is 3. The van der Waals surface area contributed by atoms with Crippen LogP contribution in [-0.2, 0) is 16.0 Å². The van der Waals surface area contributed by atoms with Gasteiger partial charge in [0.05, 0.1) is 19.6 Å². The molecule has 23 heavy (non-hydrogen) atoms. The highest BCUT2D eigenvalue weighted by Gasteiger charge is 2.25. The van der Waals surface area contributed by atoms with Crippen molar-refractivity contribution in [1.82, 2.24) is 4.90 Å². The first-order valence-electron chi connectivity index (χ1n) is 7.51. The molecule has 0 saturated carbocycles. The van der Waals surface area contributed by atoms with E-state index in [0.717, 1.165) is 11.1 Å². The monoisotopic (exact) mass is 332 g/mol. The van der Waals surface area contributed by atoms with Crippen LogP contribution in [-0.4, -0.2) is 30.5 Å². The zero-order valence-electron chi connectivity index (χ0n) is 12.9. The van der Waals surface area contributed by atoms with Gasteiger partial charge in [-0.05, 0) is 23.3 Å². The highest BCUT2D eigenvalue weighted by atomic mass is 35.5. The van der Waals surface area contributed by atoms with Crippen molar-refractivity contribution < 1.29 is 9.53 Å². The Labute approximate surface area is 142 Å². The molecule has 2 N–H and O–H groups in total. The third-order valence-electron chi connectivity index (χ3n) is 3.93. The van der Waals surface area contributed by atoms with Gasteiger partial charge in [-0.15, -0.1) is 12.4 Å². The molecule has 0 radical (unpaired) electrons. The molecule has 1 unspecified atom stereocenters. The average molecular weight is 333 g/mol. The Morgan fingerprint density at radius 3 is 2.52 bits per heavy atom. The summed E-state index contributed by atoms with van der Waals surface area (Å²) in [7, 11) is 0. The van der Waals surface area contributed by atoms with Crippen LogP contribution in [0, 0.1) is 0 Å². The number of carbonyl (C=O) groups is 1. The first-order valence-corrected chi connectivity index (χ1v) is 7.51. The number of amides is 1. The first kappa shape index (κ1) is 17.3. The Hall–Kier alpha value is -2.04. The van der Waals surface area contributed by atoms with Crippen LogP contribution in [0.15, 0.2) is 54.6 Å². The molecule has 1 saturated heterocycles. The molecule has 0 aromatic heterocycles. The van der Waals surface area contributed by atoms with Gasteiger partial charge < -0.3 is 15.4 Å². The number of hydrogen-bond acceptors (Lipinski definition) is 3. The summed E-state index contributed by atoms with van der Waals surface area (Å²) in [5, 5.41) is 0. The largest absolute Gasteiger partial charge is 0.399 e. The van der Waals surface area contributed by atoms with Crippen LogP contribution in [0.5, 0.6) is 0 Å². The van der Waals surface area contributed by atoms with Crippen molar-refractivity contribution in [2.75, 3.05) is 25.4 Å². The van der Waals surface area contributed by atoms with Crippen molar-refractivity contribution in [1.29, 1.82) is 0 Å². The molecule has 0 aliphatic carbocycles. The van der Waals surface area contributed by atoms with E-state index in [1.54, 1.807) is 0 Å². The highest BCUT2D eigenvalue weighted by molar-refractivity contribution is 5.85. The van der Waals surface area contributed by atoms with E-state index in [9.17, 15) is 4.79 Å². The molecule has 2 aromatic rings. The molecule has 1 amide bonds. The molecule has 2 aromatic carbocycles. The van der Waals surface area contributed by atoms with Gasteiger partial charge in [0.15, 0.2) is 0 Å². The van der Waals surface area contributed by atoms with E-state index in [1.807, 2.05) is 59.5 Å². The molecule has 1 aliphatic heterocycles. The van der Waals surface area contributed by atoms with Crippen molar-refractivity contribution in [2.24, 2.45) is 0 Å². The summed E-state index contributed by atoms with van der Waals surface area (Å²) >= 11 is 0. The molecule has 0 spiro atoms. The number of morpholine rings is 1. The quantitative estimate of drug-likeness (QED) is 0.879. The van der Waals surface area contributed by atoms with Gasteiger partial charge in [-0.2, -0.15) is 0 Å². The summed E-state index contributed by atoms with van der Waals surface area (Å²) in [6, 6.07) is 17.5. The van der Waals surface area contributed by atoms with Gasteiger partial charge in [-0.3, -0.25) is 4.79 Å². The molecule has 5 heteroatoms. The van der Waals surface area contributed by atoms with Gasteiger partial charge in [0.25, 0.3) is 0 Å². The minimum absolute atomic E-state index is 0. The summed E-state index contributed by atoms with van der Waals surface area (Å²) in [4.78, 5) is 14.4. The van der Waals surface area contributed by atoms with Crippen LogP contribution in [0.2, 0.25) is 0 Å². The van der Waals surface area contributed by atoms with Crippen molar-refractivity contribution >= 4 is 24.0 Å². The smallest absolute Gasteiger partial charge is 0.227 e. The van der Waals surface area contributed by atoms with E-state index in [2.05, 4.69) is 0 Å². The summed E-state index contributed by atoms with van der Waals surface area (Å²) in [6.45, 7) is 1.84. The fourth-order valence-corrected chi connectivity index (χ4v) is 2.67. The predicted octanol–water partition coefficient (Wildman–Crippen LogP) is 2.83. The fourth-order valence-electron chi connectivity index (χ4n) is 2.67. The highest BCUT2D eigenvalue weighted by Crippen LogP contribution is 2.22. The Morgan fingerprint density at radius 1 is 1.13 bits per heavy atom. The number of nitrogens with zero attached hydrogens (tertiary/aromatic N) is 1. The van der Waals surface area contributed by atoms with Crippen LogP contribution in [0.4, 0.5) is 5.69 Å². The number of anilines is 1. The zero-order chi connectivity index (χ0) is 15.4. The summed E-state index contributed by atoms with van der Waals surface area (Å²) in [5.74, 6) is 0.133. The molecule has 4 nitrogen and oxygen atoms in total. The summed E-state index contributed by atoms with van der Waals surface area (Å²) < 4.78 is 5.80. The maximum absolute atomic E-state index is 12.5. The second-order valence-corrected chi connectivity index (χ2v) is 5.53. The van der Waals surface area contributed by atoms with E-state index in [1.165, 1.54) is 0 Å². The molecule has 1 heterocycles. The maximum Gasteiger partial charge on any atom is 0.227 e. The lowest BCUT2D eigenvalue weighted by Crippen LogP contribution is -2.42. The van der Waals surface area contributed by atoms with E-state index in [0.29, 0.717) is 31.8 Å². The Balaban J connectivity index is 0.00000192. The van der Waals surface area contributed by atoms with Gasteiger partial charge in [0.1, 0.15) is 6.10 Å². The number of halogens is 1. The molecular formula is C18H21ClN2O2. The maximum atomic E-state index is 12.5. The number of hydrogen-bond donors (Lipinski definition) is 1. The van der Waals surface area contributed by atoms with E-state index < -0.39 is 0 Å². The molecule has 1 fully saturated rings. The number of carbonyl (C=O) groups excluding carboxylic acids is 1. The predicted molar refractivity (Wildman–Crippen MR) is 93.5 cm³/mol. The molecular weight excluding hydrogens is 312 g/mol. The van der Waals surface area contributed by atoms with Crippen LogP contribution in [0.25, 0.3) is 0 Å². The first-order chi connectivity index (χ1) is 10.7. The average Bonchev–Trinajstić information content (AvgIpc) is 2.58. The van der Waals surface area contributed by atoms with Crippen LogP contribution >= 0.6 is 12.4 Å². The van der Waals surface area contributed by atoms with Gasteiger partial charge in [-0.25, -0.2) is 0 Å². The summed E-state index contributed by atoms with van der Waals surface area (Å²) in [5.41, 5.74) is 8.49. The number of nitrogens with two attached hydrogens (primary N) is 1. The SMILES string of the molecule is Cl.Nc1ccc(CC(=O)N2CCOC(c3ccccc3)C2)cc1. The fraction of sp³-hybridized carbons (Fsp3) is 0.278. The Morgan fingerprint density at radius 2 is 1.83 bits per heavy atom. The van der Waals surface area contributed by atoms with Crippen LogP contribution in [0.1, 0.15) is 17.2 Å². The van der Waals surface area contributed by atoms with Gasteiger partial charge in [0, 0.05) is 12.2 Å². The number of ether oxygens (including phenoxy) is 1. The van der Waals surface area contributed by atoms with Crippen molar-refractivity contribution in [3.63, 3.8) is 0 Å². The second kappa shape index (κ2) is 7.99. The second-order valence-electron chi connectivity index (χ2n) is 5.53. The normalized spacial score (nSPS) is 17.4. The molecule has 1 atom stereocenters. The third kappa shape index (κ3) is 4.47. The van der Waals surface area contributed by atoms with Gasteiger partial charge in [-0.1, -0.05) is 42.5 Å². The van der Waals surface area contributed by atoms with E-state index in [-0.39, 0.29) is 24.4 Å². The Kier molecular flexibility index (Phi) is 6.02. The third-order valence-corrected chi connectivity index (χ3v) is 3.93. The summed E-state index contributed by atoms with van der Waals surface area (Å²) in [6.07, 6.45) is 0.368. The van der Waals surface area contributed by atoms with Crippen molar-refractivity contribution in [2.45, 2.75) is 12.5 Å². The lowest BCUT2D eigenvalue weighted by Gasteiger charge is -2.33. The number of nitrogen functional groups attached to an aromatic ring is 1. The van der Waals surface area contributed by atoms with E-state index in [4.69, 9.17) is 10.5 Å². The van der Waals surface area contributed by atoms with Crippen molar-refractivity contribution in [3.05, 3.63) is 65.7 Å². The Bertz CT molecular complexity index is 631. The molecule has 1 aliphatic rings. The molecule has 3 rings (SSSR count). The van der Waals surface area contributed by atoms with E-state index >= 15 is 0 Å². The van der Waals surface area contributed by atoms with Gasteiger partial charge in [0.2, 0.25) is 5.91 Å². The zero-order valence-corrected chi connectivity index (χ0v) is 13.7. The lowest BCUT2D eigenvalue weighted by atomic mass is 10.1. The van der Waals surface area contributed by atoms with Crippen LogP contribution < -0.4 is 5.73 Å². The minimum atomic E-state index is -0.0367. The standard InChI is InChI=1S/C18H20N2O2.ClH/c19-16-8-6-14(7-9-16)12-18(21)20-10-11-22-17(13-20)15-4-2-1-3-5-15;/h1-9,17H,10-13,19H2;1H. The van der Waals surface area contributed by atoms with Crippen molar-refractivity contribution in [3.8, 4) is 0 Å². The minimum Gasteiger partial charge on any atom is -0.399 e. The topological polar surface area (TPSA) is 55.6 Å². The number of benzene rings is 2. The molecule has 0 bridgehead atoms. The molecule has 122 valence electrons. The lowest BCUT2D eigenvalue weighted by molar-refractivity contribution is -0.138.